The van der Waals surface area contributed by atoms with Crippen LogP contribution in [0, 0.1) is 34.8 Å². The average molecular weight is 331 g/mol. The lowest BCUT2D eigenvalue weighted by molar-refractivity contribution is -0.0552. The van der Waals surface area contributed by atoms with E-state index in [-0.39, 0.29) is 15.8 Å². The quantitative estimate of drug-likeness (QED) is 0.453. The fourth-order valence-electron chi connectivity index (χ4n) is 5.55. The highest BCUT2D eigenvalue weighted by atomic mass is 35.5. The summed E-state index contributed by atoms with van der Waals surface area (Å²) in [6, 6.07) is 2.26. The van der Waals surface area contributed by atoms with Crippen LogP contribution < -0.4 is 0 Å². The van der Waals surface area contributed by atoms with E-state index >= 15 is 0 Å². The molecule has 4 aliphatic rings. The van der Waals surface area contributed by atoms with Gasteiger partial charge in [-0.3, -0.25) is 0 Å². The molecule has 0 amide bonds. The molecule has 0 spiro atoms. The first-order valence-electron chi connectivity index (χ1n) is 7.75. The van der Waals surface area contributed by atoms with Gasteiger partial charge in [-0.05, 0) is 79.4 Å². The molecule has 0 nitrogen and oxygen atoms in total. The zero-order chi connectivity index (χ0) is 14.8. The van der Waals surface area contributed by atoms with Gasteiger partial charge in [0.25, 0.3) is 0 Å². The molecule has 4 aliphatic carbocycles. The maximum absolute atomic E-state index is 13.6. The van der Waals surface area contributed by atoms with Crippen molar-refractivity contribution in [3.05, 3.63) is 34.4 Å². The lowest BCUT2D eigenvalue weighted by Gasteiger charge is -2.58. The summed E-state index contributed by atoms with van der Waals surface area (Å²) in [6.07, 6.45) is 7.32. The number of benzene rings is 1. The van der Waals surface area contributed by atoms with Crippen molar-refractivity contribution in [2.24, 2.45) is 23.2 Å². The SMILES string of the molecule is Fc1cc(Cl)c(C(Cl)C23CC4CC(CC(C4)C2)C3)cc1F. The molecule has 1 atom stereocenters. The zero-order valence-corrected chi connectivity index (χ0v) is 13.2. The van der Waals surface area contributed by atoms with E-state index in [1.54, 1.807) is 0 Å². The minimum absolute atomic E-state index is 0.0320. The zero-order valence-electron chi connectivity index (χ0n) is 11.7. The molecule has 1 aromatic carbocycles. The van der Waals surface area contributed by atoms with Crippen molar-refractivity contribution in [1.82, 2.24) is 0 Å². The Balaban J connectivity index is 1.71. The third-order valence-corrected chi connectivity index (χ3v) is 6.96. The van der Waals surface area contributed by atoms with Gasteiger partial charge in [-0.2, -0.15) is 0 Å². The molecule has 4 saturated carbocycles. The molecule has 1 aromatic rings. The fourth-order valence-corrected chi connectivity index (χ4v) is 6.31. The Bertz CT molecular complexity index is 549. The number of rotatable bonds is 2. The van der Waals surface area contributed by atoms with Crippen LogP contribution >= 0.6 is 23.2 Å². The van der Waals surface area contributed by atoms with Crippen molar-refractivity contribution in [2.45, 2.75) is 43.9 Å². The molecule has 5 rings (SSSR count). The molecule has 0 radical (unpaired) electrons. The van der Waals surface area contributed by atoms with Crippen molar-refractivity contribution in [1.29, 1.82) is 0 Å². The van der Waals surface area contributed by atoms with Crippen molar-refractivity contribution in [3.8, 4) is 0 Å². The van der Waals surface area contributed by atoms with Gasteiger partial charge in [-0.1, -0.05) is 11.6 Å². The van der Waals surface area contributed by atoms with Crippen LogP contribution in [0.2, 0.25) is 5.02 Å². The maximum Gasteiger partial charge on any atom is 0.160 e. The van der Waals surface area contributed by atoms with Crippen LogP contribution in [0.4, 0.5) is 8.78 Å². The van der Waals surface area contributed by atoms with Gasteiger partial charge in [-0.25, -0.2) is 8.78 Å². The molecule has 0 saturated heterocycles. The van der Waals surface area contributed by atoms with Crippen molar-refractivity contribution in [2.75, 3.05) is 0 Å². The van der Waals surface area contributed by atoms with Crippen LogP contribution in [0.25, 0.3) is 0 Å². The summed E-state index contributed by atoms with van der Waals surface area (Å²) in [7, 11) is 0. The maximum atomic E-state index is 13.6. The van der Waals surface area contributed by atoms with Crippen molar-refractivity contribution >= 4 is 23.2 Å². The third kappa shape index (κ3) is 2.21. The fraction of sp³-hybridized carbons (Fsp3) is 0.647. The second kappa shape index (κ2) is 4.83. The van der Waals surface area contributed by atoms with E-state index in [0.717, 1.165) is 43.1 Å². The van der Waals surface area contributed by atoms with Gasteiger partial charge < -0.3 is 0 Å². The van der Waals surface area contributed by atoms with Crippen LogP contribution in [-0.2, 0) is 0 Å². The second-order valence-corrected chi connectivity index (χ2v) is 8.27. The van der Waals surface area contributed by atoms with E-state index in [2.05, 4.69) is 0 Å². The lowest BCUT2D eigenvalue weighted by atomic mass is 9.48. The minimum Gasteiger partial charge on any atom is -0.204 e. The van der Waals surface area contributed by atoms with Gasteiger partial charge in [0.1, 0.15) is 0 Å². The summed E-state index contributed by atoms with van der Waals surface area (Å²) >= 11 is 12.9. The highest BCUT2D eigenvalue weighted by molar-refractivity contribution is 6.32. The van der Waals surface area contributed by atoms with E-state index in [9.17, 15) is 8.78 Å². The Kier molecular flexibility index (Phi) is 3.28. The van der Waals surface area contributed by atoms with Crippen molar-refractivity contribution < 1.29 is 8.78 Å². The van der Waals surface area contributed by atoms with E-state index < -0.39 is 11.6 Å². The topological polar surface area (TPSA) is 0 Å². The number of hydrogen-bond donors (Lipinski definition) is 0. The number of alkyl halides is 1. The van der Waals surface area contributed by atoms with E-state index in [1.807, 2.05) is 0 Å². The minimum atomic E-state index is -0.905. The summed E-state index contributed by atoms with van der Waals surface area (Å²) in [4.78, 5) is 0. The normalized spacial score (nSPS) is 38.8. The predicted octanol–water partition coefficient (Wildman–Crippen LogP) is 6.11. The van der Waals surface area contributed by atoms with Gasteiger partial charge in [0.2, 0.25) is 0 Å². The van der Waals surface area contributed by atoms with Crippen LogP contribution in [0.1, 0.15) is 49.5 Å². The smallest absolute Gasteiger partial charge is 0.160 e. The predicted molar refractivity (Wildman–Crippen MR) is 80.6 cm³/mol. The summed E-state index contributed by atoms with van der Waals surface area (Å²) in [5.74, 6) is 0.535. The van der Waals surface area contributed by atoms with Gasteiger partial charge in [0, 0.05) is 5.02 Å². The van der Waals surface area contributed by atoms with Crippen LogP contribution in [0.3, 0.4) is 0 Å². The average Bonchev–Trinajstić information content (AvgIpc) is 2.40. The molecule has 0 aliphatic heterocycles. The molecule has 1 unspecified atom stereocenters. The van der Waals surface area contributed by atoms with E-state index in [4.69, 9.17) is 23.2 Å². The van der Waals surface area contributed by atoms with Crippen LogP contribution in [0.5, 0.6) is 0 Å². The van der Waals surface area contributed by atoms with E-state index in [0.29, 0.717) is 5.56 Å². The summed E-state index contributed by atoms with van der Waals surface area (Å²) in [5, 5.41) is -0.0573. The highest BCUT2D eigenvalue weighted by Crippen LogP contribution is 2.65. The van der Waals surface area contributed by atoms with Gasteiger partial charge in [-0.15, -0.1) is 11.6 Å². The van der Waals surface area contributed by atoms with E-state index in [1.165, 1.54) is 25.3 Å². The molecule has 4 bridgehead atoms. The Labute approximate surface area is 133 Å². The second-order valence-electron chi connectivity index (χ2n) is 7.43. The molecule has 0 aromatic heterocycles. The molecule has 114 valence electrons. The summed E-state index contributed by atoms with van der Waals surface area (Å²) < 4.78 is 26.9. The van der Waals surface area contributed by atoms with Gasteiger partial charge >= 0.3 is 0 Å². The highest BCUT2D eigenvalue weighted by Gasteiger charge is 2.54. The standard InChI is InChI=1S/C17H18Cl2F2/c18-13-5-15(21)14(20)4-12(13)16(19)17-6-9-1-10(7-17)3-11(2-9)8-17/h4-5,9-11,16H,1-3,6-8H2. The Morgan fingerprint density at radius 3 is 1.95 bits per heavy atom. The molecule has 4 heteroatoms. The Morgan fingerprint density at radius 2 is 1.43 bits per heavy atom. The largest absolute Gasteiger partial charge is 0.204 e. The lowest BCUT2D eigenvalue weighted by Crippen LogP contribution is -2.47. The van der Waals surface area contributed by atoms with Gasteiger partial charge in [0.05, 0.1) is 5.38 Å². The molecule has 21 heavy (non-hydrogen) atoms. The summed E-state index contributed by atoms with van der Waals surface area (Å²) in [6.45, 7) is 0. The van der Waals surface area contributed by atoms with Gasteiger partial charge in [0.15, 0.2) is 11.6 Å². The molecular formula is C17H18Cl2F2. The van der Waals surface area contributed by atoms with Crippen LogP contribution in [-0.4, -0.2) is 0 Å². The monoisotopic (exact) mass is 330 g/mol. The molecular weight excluding hydrogens is 313 g/mol. The van der Waals surface area contributed by atoms with Crippen LogP contribution in [0.15, 0.2) is 12.1 Å². The molecule has 0 heterocycles. The number of halogens is 4. The van der Waals surface area contributed by atoms with Crippen molar-refractivity contribution in [3.63, 3.8) is 0 Å². The molecule has 4 fully saturated rings. The Hall–Kier alpha value is -0.340. The first-order valence-corrected chi connectivity index (χ1v) is 8.57. The Morgan fingerprint density at radius 1 is 0.952 bits per heavy atom. The molecule has 0 N–H and O–H groups in total. The first kappa shape index (κ1) is 14.3. The third-order valence-electron chi connectivity index (χ3n) is 5.94. The summed E-state index contributed by atoms with van der Waals surface area (Å²) in [5.41, 5.74) is 0.601. The number of hydrogen-bond acceptors (Lipinski definition) is 0. The first-order chi connectivity index (χ1) is 9.97.